The van der Waals surface area contributed by atoms with Crippen LogP contribution in [0, 0.1) is 17.0 Å². The number of furan rings is 1. The van der Waals surface area contributed by atoms with Crippen molar-refractivity contribution >= 4 is 40.7 Å². The highest BCUT2D eigenvalue weighted by Crippen LogP contribution is 2.23. The van der Waals surface area contributed by atoms with E-state index in [0.29, 0.717) is 17.2 Å². The summed E-state index contributed by atoms with van der Waals surface area (Å²) in [6.07, 6.45) is 2.82. The third-order valence-corrected chi connectivity index (χ3v) is 4.21. The lowest BCUT2D eigenvalue weighted by Gasteiger charge is -2.10. The second-order valence-corrected chi connectivity index (χ2v) is 6.51. The predicted octanol–water partition coefficient (Wildman–Crippen LogP) is 4.69. The molecule has 0 radical (unpaired) electrons. The highest BCUT2D eigenvalue weighted by molar-refractivity contribution is 7.80. The molecule has 0 aliphatic heterocycles. The molecule has 0 saturated carbocycles. The highest BCUT2D eigenvalue weighted by Gasteiger charge is 2.10. The maximum atomic E-state index is 12.1. The number of benzene rings is 2. The zero-order valence-electron chi connectivity index (χ0n) is 15.4. The minimum absolute atomic E-state index is 0.0349. The summed E-state index contributed by atoms with van der Waals surface area (Å²) in [7, 11) is 0. The number of nitro groups is 1. The van der Waals surface area contributed by atoms with Gasteiger partial charge in [-0.2, -0.15) is 0 Å². The average Bonchev–Trinajstić information content (AvgIpc) is 3.17. The first-order chi connectivity index (χ1) is 13.9. The fourth-order valence-corrected chi connectivity index (χ4v) is 2.73. The second kappa shape index (κ2) is 8.94. The molecular weight excluding hydrogens is 390 g/mol. The van der Waals surface area contributed by atoms with E-state index in [4.69, 9.17) is 16.6 Å². The molecule has 1 aromatic heterocycles. The van der Waals surface area contributed by atoms with Gasteiger partial charge in [-0.25, -0.2) is 0 Å². The number of aryl methyl sites for hydroxylation is 1. The Bertz CT molecular complexity index is 1090. The lowest BCUT2D eigenvalue weighted by Crippen LogP contribution is -2.33. The van der Waals surface area contributed by atoms with Gasteiger partial charge in [0.2, 0.25) is 5.91 Å². The summed E-state index contributed by atoms with van der Waals surface area (Å²) in [5.41, 5.74) is 2.08. The van der Waals surface area contributed by atoms with E-state index in [9.17, 15) is 14.9 Å². The molecule has 3 aromatic rings. The number of thiocarbonyl (C=S) groups is 1. The normalized spacial score (nSPS) is 10.7. The van der Waals surface area contributed by atoms with Crippen LogP contribution >= 0.6 is 12.2 Å². The van der Waals surface area contributed by atoms with Crippen LogP contribution in [-0.4, -0.2) is 15.9 Å². The van der Waals surface area contributed by atoms with E-state index in [1.807, 2.05) is 36.4 Å². The largest absolute Gasteiger partial charge is 0.457 e. The number of rotatable bonds is 5. The number of amides is 1. The molecule has 0 fully saturated rings. The van der Waals surface area contributed by atoms with Crippen molar-refractivity contribution in [3.05, 3.63) is 88.2 Å². The van der Waals surface area contributed by atoms with Crippen molar-refractivity contribution in [1.82, 2.24) is 5.32 Å². The molecule has 0 spiro atoms. The molecule has 0 bridgehead atoms. The molecular formula is C21H17N3O4S. The number of nitrogens with zero attached hydrogens (tertiary/aromatic N) is 1. The number of anilines is 1. The number of hydrogen-bond donors (Lipinski definition) is 2. The van der Waals surface area contributed by atoms with E-state index in [1.54, 1.807) is 19.1 Å². The van der Waals surface area contributed by atoms with Gasteiger partial charge >= 0.3 is 0 Å². The lowest BCUT2D eigenvalue weighted by molar-refractivity contribution is -0.384. The second-order valence-electron chi connectivity index (χ2n) is 6.10. The molecule has 0 saturated heterocycles. The van der Waals surface area contributed by atoms with Crippen LogP contribution in [0.4, 0.5) is 11.4 Å². The molecule has 1 amide bonds. The zero-order valence-corrected chi connectivity index (χ0v) is 16.2. The van der Waals surface area contributed by atoms with Crippen LogP contribution in [0.15, 0.2) is 71.2 Å². The summed E-state index contributed by atoms with van der Waals surface area (Å²) in [6, 6.07) is 17.6. The van der Waals surface area contributed by atoms with Crippen LogP contribution in [0.1, 0.15) is 11.3 Å². The SMILES string of the molecule is Cc1ccc([N+](=O)[O-])cc1NC(=S)NC(=O)/C=C/c1ccc(-c2ccccc2)o1. The Morgan fingerprint density at radius 3 is 2.62 bits per heavy atom. The van der Waals surface area contributed by atoms with E-state index in [0.717, 1.165) is 11.1 Å². The summed E-state index contributed by atoms with van der Waals surface area (Å²) in [6.45, 7) is 1.78. The summed E-state index contributed by atoms with van der Waals surface area (Å²) < 4.78 is 5.69. The molecule has 0 aliphatic rings. The van der Waals surface area contributed by atoms with Crippen molar-refractivity contribution < 1.29 is 14.1 Å². The van der Waals surface area contributed by atoms with Gasteiger partial charge in [-0.1, -0.05) is 36.4 Å². The standard InChI is InChI=1S/C21H17N3O4S/c1-14-7-8-16(24(26)27)13-18(14)22-21(29)23-20(25)12-10-17-9-11-19(28-17)15-5-3-2-4-6-15/h2-13H,1H3,(H2,22,23,25,29)/b12-10+. The topological polar surface area (TPSA) is 97.4 Å². The Morgan fingerprint density at radius 1 is 1.14 bits per heavy atom. The van der Waals surface area contributed by atoms with Crippen molar-refractivity contribution in [2.24, 2.45) is 0 Å². The fourth-order valence-electron chi connectivity index (χ4n) is 2.52. The van der Waals surface area contributed by atoms with Gasteiger partial charge in [0.05, 0.1) is 4.92 Å². The van der Waals surface area contributed by atoms with Gasteiger partial charge in [-0.3, -0.25) is 20.2 Å². The Hall–Kier alpha value is -3.78. The minimum Gasteiger partial charge on any atom is -0.457 e. The monoisotopic (exact) mass is 407 g/mol. The van der Waals surface area contributed by atoms with E-state index in [2.05, 4.69) is 10.6 Å². The molecule has 2 N–H and O–H groups in total. The Kier molecular flexibility index (Phi) is 6.16. The van der Waals surface area contributed by atoms with Crippen molar-refractivity contribution in [1.29, 1.82) is 0 Å². The molecule has 29 heavy (non-hydrogen) atoms. The van der Waals surface area contributed by atoms with Crippen molar-refractivity contribution in [3.63, 3.8) is 0 Å². The Morgan fingerprint density at radius 2 is 1.90 bits per heavy atom. The number of carbonyl (C=O) groups excluding carboxylic acids is 1. The third-order valence-electron chi connectivity index (χ3n) is 4.00. The van der Waals surface area contributed by atoms with Crippen molar-refractivity contribution in [3.8, 4) is 11.3 Å². The first-order valence-corrected chi connectivity index (χ1v) is 9.03. The van der Waals surface area contributed by atoms with Crippen LogP contribution < -0.4 is 10.6 Å². The van der Waals surface area contributed by atoms with Crippen LogP contribution in [0.25, 0.3) is 17.4 Å². The predicted molar refractivity (Wildman–Crippen MR) is 115 cm³/mol. The quantitative estimate of drug-likeness (QED) is 0.276. The van der Waals surface area contributed by atoms with Gasteiger partial charge in [-0.05, 0) is 42.9 Å². The maximum Gasteiger partial charge on any atom is 0.271 e. The van der Waals surface area contributed by atoms with E-state index in [-0.39, 0.29) is 10.8 Å². The van der Waals surface area contributed by atoms with Gasteiger partial charge in [0, 0.05) is 29.5 Å². The van der Waals surface area contributed by atoms with E-state index in [1.165, 1.54) is 24.3 Å². The van der Waals surface area contributed by atoms with Gasteiger partial charge in [-0.15, -0.1) is 0 Å². The number of carbonyl (C=O) groups is 1. The Labute approximate surface area is 172 Å². The van der Waals surface area contributed by atoms with Crippen LogP contribution in [0.2, 0.25) is 0 Å². The number of non-ortho nitro benzene ring substituents is 1. The molecule has 2 aromatic carbocycles. The van der Waals surface area contributed by atoms with Crippen LogP contribution in [0.5, 0.6) is 0 Å². The molecule has 8 heteroatoms. The van der Waals surface area contributed by atoms with Crippen molar-refractivity contribution in [2.45, 2.75) is 6.92 Å². The highest BCUT2D eigenvalue weighted by atomic mass is 32.1. The molecule has 1 heterocycles. The summed E-state index contributed by atoms with van der Waals surface area (Å²) in [5, 5.41) is 16.2. The van der Waals surface area contributed by atoms with Gasteiger partial charge in [0.25, 0.3) is 5.69 Å². The smallest absolute Gasteiger partial charge is 0.271 e. The number of nitrogens with one attached hydrogen (secondary N) is 2. The molecule has 0 aliphatic carbocycles. The third kappa shape index (κ3) is 5.36. The molecule has 0 atom stereocenters. The molecule has 0 unspecified atom stereocenters. The number of nitro benzene ring substituents is 1. The first-order valence-electron chi connectivity index (χ1n) is 8.63. The summed E-state index contributed by atoms with van der Waals surface area (Å²) >= 11 is 5.11. The Balaban J connectivity index is 1.59. The molecule has 146 valence electrons. The number of hydrogen-bond acceptors (Lipinski definition) is 5. The van der Waals surface area contributed by atoms with Gasteiger partial charge < -0.3 is 9.73 Å². The minimum atomic E-state index is -0.498. The summed E-state index contributed by atoms with van der Waals surface area (Å²) in [4.78, 5) is 22.5. The fraction of sp³-hybridized carbons (Fsp3) is 0.0476. The van der Waals surface area contributed by atoms with Crippen LogP contribution in [0.3, 0.4) is 0 Å². The average molecular weight is 407 g/mol. The maximum absolute atomic E-state index is 12.1. The lowest BCUT2D eigenvalue weighted by atomic mass is 10.2. The molecule has 7 nitrogen and oxygen atoms in total. The zero-order chi connectivity index (χ0) is 20.8. The van der Waals surface area contributed by atoms with Gasteiger partial charge in [0.1, 0.15) is 11.5 Å². The van der Waals surface area contributed by atoms with Crippen molar-refractivity contribution in [2.75, 3.05) is 5.32 Å². The van der Waals surface area contributed by atoms with Gasteiger partial charge in [0.15, 0.2) is 5.11 Å². The van der Waals surface area contributed by atoms with Crippen LogP contribution in [-0.2, 0) is 4.79 Å². The summed E-state index contributed by atoms with van der Waals surface area (Å²) in [5.74, 6) is 0.764. The van der Waals surface area contributed by atoms with E-state index >= 15 is 0 Å². The van der Waals surface area contributed by atoms with E-state index < -0.39 is 10.8 Å². The first kappa shape index (κ1) is 20.0. The molecule has 3 rings (SSSR count).